The minimum Gasteiger partial charge on any atom is -0.380 e. The van der Waals surface area contributed by atoms with Crippen LogP contribution in [0.3, 0.4) is 0 Å². The van der Waals surface area contributed by atoms with Gasteiger partial charge in [-0.25, -0.2) is 5.43 Å². The quantitative estimate of drug-likeness (QED) is 0.581. The summed E-state index contributed by atoms with van der Waals surface area (Å²) < 4.78 is 5.52. The molecular weight excluding hydrogens is 312 g/mol. The van der Waals surface area contributed by atoms with Gasteiger partial charge < -0.3 is 10.1 Å². The number of hydrogen-bond donors (Lipinski definition) is 4. The average molecular weight is 343 g/mol. The molecule has 4 N–H and O–H groups in total. The Labute approximate surface area is 144 Å². The highest BCUT2D eigenvalue weighted by molar-refractivity contribution is 6.20. The number of rotatable bonds is 3. The molecule has 0 aromatic rings. The van der Waals surface area contributed by atoms with Crippen molar-refractivity contribution in [1.82, 2.24) is 21.5 Å². The zero-order valence-corrected chi connectivity index (χ0v) is 14.7. The predicted molar refractivity (Wildman–Crippen MR) is 92.3 cm³/mol. The Morgan fingerprint density at radius 3 is 2.61 bits per heavy atom. The van der Waals surface area contributed by atoms with Crippen molar-refractivity contribution in [1.29, 1.82) is 0 Å². The van der Waals surface area contributed by atoms with Crippen molar-refractivity contribution in [2.24, 2.45) is 17.8 Å². The maximum atomic E-state index is 6.31. The molecule has 4 rings (SSSR count). The first kappa shape index (κ1) is 16.6. The molecule has 0 radical (unpaired) electrons. The fraction of sp³-hybridized carbons (Fsp3) is 1.00. The molecule has 0 aromatic heterocycles. The van der Waals surface area contributed by atoms with E-state index in [-0.39, 0.29) is 0 Å². The minimum absolute atomic E-state index is 0.347. The summed E-state index contributed by atoms with van der Waals surface area (Å²) >= 11 is 6.31. The lowest BCUT2D eigenvalue weighted by Gasteiger charge is -2.50. The first-order valence-electron chi connectivity index (χ1n) is 9.51. The van der Waals surface area contributed by atoms with E-state index in [4.69, 9.17) is 16.3 Å². The van der Waals surface area contributed by atoms with Gasteiger partial charge in [0.2, 0.25) is 0 Å². The number of nitrogens with one attached hydrogen (secondary N) is 4. The minimum atomic E-state index is 0.347. The molecule has 0 bridgehead atoms. The van der Waals surface area contributed by atoms with Gasteiger partial charge in [0.25, 0.3) is 0 Å². The second-order valence-corrected chi connectivity index (χ2v) is 8.47. The molecule has 5 nitrogen and oxygen atoms in total. The predicted octanol–water partition coefficient (Wildman–Crippen LogP) is 1.19. The SMILES string of the molecule is ClC1CCC(C2NNC(N[C@@H]3CCOC3)C3CNCCC32)CC1. The zero-order chi connectivity index (χ0) is 15.6. The van der Waals surface area contributed by atoms with E-state index < -0.39 is 0 Å². The van der Waals surface area contributed by atoms with Crippen molar-refractivity contribution in [3.63, 3.8) is 0 Å². The van der Waals surface area contributed by atoms with Crippen molar-refractivity contribution < 1.29 is 4.74 Å². The van der Waals surface area contributed by atoms with E-state index in [1.165, 1.54) is 32.1 Å². The lowest BCUT2D eigenvalue weighted by Crippen LogP contribution is -2.70. The van der Waals surface area contributed by atoms with Gasteiger partial charge in [0.1, 0.15) is 0 Å². The van der Waals surface area contributed by atoms with Crippen LogP contribution >= 0.6 is 11.6 Å². The third-order valence-corrected chi connectivity index (χ3v) is 6.87. The summed E-state index contributed by atoms with van der Waals surface area (Å²) in [5, 5.41) is 7.80. The van der Waals surface area contributed by atoms with E-state index >= 15 is 0 Å². The van der Waals surface area contributed by atoms with Crippen molar-refractivity contribution in [2.75, 3.05) is 26.3 Å². The van der Waals surface area contributed by atoms with Gasteiger partial charge >= 0.3 is 0 Å². The van der Waals surface area contributed by atoms with Gasteiger partial charge in [0, 0.05) is 36.5 Å². The normalized spacial score (nSPS) is 48.1. The third kappa shape index (κ3) is 3.70. The van der Waals surface area contributed by atoms with Crippen LogP contribution in [0.2, 0.25) is 0 Å². The van der Waals surface area contributed by atoms with E-state index in [1.54, 1.807) is 0 Å². The number of ether oxygens (including phenoxy) is 1. The number of halogens is 1. The summed E-state index contributed by atoms with van der Waals surface area (Å²) in [5.41, 5.74) is 7.32. The van der Waals surface area contributed by atoms with E-state index in [2.05, 4.69) is 21.5 Å². The molecule has 1 saturated carbocycles. The highest BCUT2D eigenvalue weighted by Gasteiger charge is 2.44. The number of piperidine rings is 1. The Bertz CT molecular complexity index is 385. The molecule has 4 unspecified atom stereocenters. The van der Waals surface area contributed by atoms with Crippen LogP contribution < -0.4 is 21.5 Å². The summed E-state index contributed by atoms with van der Waals surface area (Å²) in [4.78, 5) is 0. The molecule has 23 heavy (non-hydrogen) atoms. The molecular formula is C17H31ClN4O. The maximum Gasteiger partial charge on any atom is 0.0751 e. The van der Waals surface area contributed by atoms with Gasteiger partial charge in [0.05, 0.1) is 12.8 Å². The summed E-state index contributed by atoms with van der Waals surface area (Å²) in [6.45, 7) is 4.02. The van der Waals surface area contributed by atoms with Crippen molar-refractivity contribution in [3.8, 4) is 0 Å². The van der Waals surface area contributed by atoms with E-state index in [9.17, 15) is 0 Å². The van der Waals surface area contributed by atoms with Crippen LogP contribution in [0.25, 0.3) is 0 Å². The van der Waals surface area contributed by atoms with Crippen molar-refractivity contribution in [2.45, 2.75) is 62.2 Å². The molecule has 6 heteroatoms. The van der Waals surface area contributed by atoms with Crippen LogP contribution in [-0.4, -0.2) is 49.9 Å². The highest BCUT2D eigenvalue weighted by atomic mass is 35.5. The molecule has 0 aromatic carbocycles. The topological polar surface area (TPSA) is 57.3 Å². The first-order chi connectivity index (χ1) is 11.3. The molecule has 0 spiro atoms. The van der Waals surface area contributed by atoms with Gasteiger partial charge in [-0.3, -0.25) is 10.7 Å². The largest absolute Gasteiger partial charge is 0.380 e. The number of fused-ring (bicyclic) bond motifs is 1. The molecule has 132 valence electrons. The van der Waals surface area contributed by atoms with Crippen LogP contribution in [0.4, 0.5) is 0 Å². The maximum absolute atomic E-state index is 6.31. The van der Waals surface area contributed by atoms with Gasteiger partial charge in [-0.05, 0) is 56.9 Å². The summed E-state index contributed by atoms with van der Waals surface area (Å²) in [5.74, 6) is 2.19. The van der Waals surface area contributed by atoms with Crippen LogP contribution in [-0.2, 0) is 4.74 Å². The van der Waals surface area contributed by atoms with Crippen LogP contribution in [0.15, 0.2) is 0 Å². The highest BCUT2D eigenvalue weighted by Crippen LogP contribution is 2.38. The van der Waals surface area contributed by atoms with Gasteiger partial charge in [-0.2, -0.15) is 0 Å². The fourth-order valence-corrected chi connectivity index (χ4v) is 5.36. The third-order valence-electron chi connectivity index (χ3n) is 6.43. The molecule has 3 saturated heterocycles. The van der Waals surface area contributed by atoms with Crippen molar-refractivity contribution in [3.05, 3.63) is 0 Å². The van der Waals surface area contributed by atoms with E-state index in [0.29, 0.717) is 29.5 Å². The average Bonchev–Trinajstić information content (AvgIpc) is 3.09. The second kappa shape index (κ2) is 7.54. The Kier molecular flexibility index (Phi) is 5.43. The summed E-state index contributed by atoms with van der Waals surface area (Å²) in [6, 6.07) is 1.10. The Balaban J connectivity index is 1.41. The summed E-state index contributed by atoms with van der Waals surface area (Å²) in [6.07, 6.45) is 7.68. The molecule has 4 fully saturated rings. The van der Waals surface area contributed by atoms with E-state index in [0.717, 1.165) is 44.6 Å². The Hall–Kier alpha value is 0.0900. The zero-order valence-electron chi connectivity index (χ0n) is 13.9. The van der Waals surface area contributed by atoms with Crippen molar-refractivity contribution >= 4 is 11.6 Å². The van der Waals surface area contributed by atoms with Crippen LogP contribution in [0, 0.1) is 17.8 Å². The summed E-state index contributed by atoms with van der Waals surface area (Å²) in [7, 11) is 0. The molecule has 3 aliphatic heterocycles. The first-order valence-corrected chi connectivity index (χ1v) is 9.94. The van der Waals surface area contributed by atoms with Crippen LogP contribution in [0.5, 0.6) is 0 Å². The van der Waals surface area contributed by atoms with Crippen LogP contribution in [0.1, 0.15) is 38.5 Å². The molecule has 3 heterocycles. The molecule has 5 atom stereocenters. The van der Waals surface area contributed by atoms with Gasteiger partial charge in [-0.1, -0.05) is 0 Å². The fourth-order valence-electron chi connectivity index (χ4n) is 5.10. The number of hydrogen-bond acceptors (Lipinski definition) is 5. The van der Waals surface area contributed by atoms with Gasteiger partial charge in [0.15, 0.2) is 0 Å². The van der Waals surface area contributed by atoms with E-state index in [1.807, 2.05) is 0 Å². The molecule has 4 aliphatic rings. The van der Waals surface area contributed by atoms with Gasteiger partial charge in [-0.15, -0.1) is 11.6 Å². The smallest absolute Gasteiger partial charge is 0.0751 e. The molecule has 0 amide bonds. The lowest BCUT2D eigenvalue weighted by molar-refractivity contribution is 0.0278. The second-order valence-electron chi connectivity index (χ2n) is 7.85. The number of hydrazine groups is 1. The lowest BCUT2D eigenvalue weighted by atomic mass is 9.70. The number of alkyl halides is 1. The molecule has 1 aliphatic carbocycles. The standard InChI is InChI=1S/C17H31ClN4O/c18-12-3-1-11(2-4-12)16-14-5-7-19-9-15(14)17(22-21-16)20-13-6-8-23-10-13/h11-17,19-22H,1-10H2/t11?,12?,13-,14?,15?,16?,17?/m1/s1. The Morgan fingerprint density at radius 1 is 0.957 bits per heavy atom. The Morgan fingerprint density at radius 2 is 1.83 bits per heavy atom. The monoisotopic (exact) mass is 342 g/mol.